The summed E-state index contributed by atoms with van der Waals surface area (Å²) in [5.74, 6) is 0.905. The molecule has 0 saturated carbocycles. The fourth-order valence-corrected chi connectivity index (χ4v) is 3.33. The summed E-state index contributed by atoms with van der Waals surface area (Å²) in [5.41, 5.74) is 0. The SMILES string of the molecule is O=S1(=O)C=CC(NCC2CC=CCC2)C1. The zero-order chi connectivity index (χ0) is 10.7. The first-order chi connectivity index (χ1) is 7.16. The quantitative estimate of drug-likeness (QED) is 0.738. The van der Waals surface area contributed by atoms with Gasteiger partial charge in [0.25, 0.3) is 0 Å². The van der Waals surface area contributed by atoms with Crippen LogP contribution in [0.1, 0.15) is 19.3 Å². The van der Waals surface area contributed by atoms with E-state index in [2.05, 4.69) is 17.5 Å². The van der Waals surface area contributed by atoms with E-state index < -0.39 is 9.84 Å². The largest absolute Gasteiger partial charge is 0.309 e. The van der Waals surface area contributed by atoms with Gasteiger partial charge >= 0.3 is 0 Å². The number of hydrogen-bond acceptors (Lipinski definition) is 3. The molecule has 4 heteroatoms. The van der Waals surface area contributed by atoms with Crippen molar-refractivity contribution in [1.29, 1.82) is 0 Å². The Balaban J connectivity index is 1.75. The number of sulfone groups is 1. The molecule has 0 bridgehead atoms. The van der Waals surface area contributed by atoms with E-state index in [9.17, 15) is 8.42 Å². The van der Waals surface area contributed by atoms with E-state index in [4.69, 9.17) is 0 Å². The molecule has 1 aliphatic carbocycles. The summed E-state index contributed by atoms with van der Waals surface area (Å²) >= 11 is 0. The summed E-state index contributed by atoms with van der Waals surface area (Å²) < 4.78 is 22.3. The number of rotatable bonds is 3. The van der Waals surface area contributed by atoms with Crippen molar-refractivity contribution in [2.45, 2.75) is 25.3 Å². The monoisotopic (exact) mass is 227 g/mol. The third kappa shape index (κ3) is 3.18. The van der Waals surface area contributed by atoms with Gasteiger partial charge in [-0.15, -0.1) is 0 Å². The van der Waals surface area contributed by atoms with Gasteiger partial charge in [-0.05, 0) is 31.7 Å². The summed E-state index contributed by atoms with van der Waals surface area (Å²) in [6.45, 7) is 0.925. The van der Waals surface area contributed by atoms with Crippen LogP contribution in [0.25, 0.3) is 0 Å². The zero-order valence-electron chi connectivity index (χ0n) is 8.72. The number of nitrogens with one attached hydrogen (secondary N) is 1. The van der Waals surface area contributed by atoms with E-state index in [0.29, 0.717) is 5.92 Å². The second-order valence-electron chi connectivity index (χ2n) is 4.32. The maximum absolute atomic E-state index is 11.2. The van der Waals surface area contributed by atoms with E-state index in [-0.39, 0.29) is 11.8 Å². The first kappa shape index (κ1) is 10.9. The van der Waals surface area contributed by atoms with E-state index in [1.54, 1.807) is 6.08 Å². The third-order valence-electron chi connectivity index (χ3n) is 2.98. The molecule has 1 N–H and O–H groups in total. The summed E-state index contributed by atoms with van der Waals surface area (Å²) in [6.07, 6.45) is 9.69. The molecule has 0 fully saturated rings. The van der Waals surface area contributed by atoms with Crippen LogP contribution in [0.3, 0.4) is 0 Å². The molecule has 1 aliphatic heterocycles. The van der Waals surface area contributed by atoms with Crippen LogP contribution in [0.2, 0.25) is 0 Å². The van der Waals surface area contributed by atoms with Crippen LogP contribution < -0.4 is 5.32 Å². The van der Waals surface area contributed by atoms with Gasteiger partial charge in [0.15, 0.2) is 9.84 Å². The minimum atomic E-state index is -2.91. The van der Waals surface area contributed by atoms with Crippen LogP contribution in [-0.2, 0) is 9.84 Å². The second kappa shape index (κ2) is 4.49. The van der Waals surface area contributed by atoms with Gasteiger partial charge in [0, 0.05) is 11.4 Å². The molecule has 1 heterocycles. The Kier molecular flexibility index (Phi) is 3.26. The van der Waals surface area contributed by atoms with E-state index >= 15 is 0 Å². The Hall–Kier alpha value is -0.610. The molecule has 2 atom stereocenters. The fraction of sp³-hybridized carbons (Fsp3) is 0.636. The van der Waals surface area contributed by atoms with Crippen molar-refractivity contribution >= 4 is 9.84 Å². The number of allylic oxidation sites excluding steroid dienone is 2. The van der Waals surface area contributed by atoms with Gasteiger partial charge in [0.05, 0.1) is 5.75 Å². The lowest BCUT2D eigenvalue weighted by Gasteiger charge is -2.20. The van der Waals surface area contributed by atoms with Crippen molar-refractivity contribution in [1.82, 2.24) is 5.32 Å². The molecule has 2 unspecified atom stereocenters. The van der Waals surface area contributed by atoms with Crippen LogP contribution >= 0.6 is 0 Å². The molecule has 0 aromatic rings. The molecular weight excluding hydrogens is 210 g/mol. The van der Waals surface area contributed by atoms with Crippen molar-refractivity contribution in [3.8, 4) is 0 Å². The molecule has 2 aliphatic rings. The van der Waals surface area contributed by atoms with Crippen LogP contribution in [0.5, 0.6) is 0 Å². The standard InChI is InChI=1S/C11H17NO2S/c13-15(14)7-6-11(9-15)12-8-10-4-2-1-3-5-10/h1-2,6-7,10-12H,3-5,8-9H2. The molecule has 2 rings (SSSR count). The van der Waals surface area contributed by atoms with Gasteiger partial charge in [-0.25, -0.2) is 8.42 Å². The van der Waals surface area contributed by atoms with Crippen LogP contribution in [0, 0.1) is 5.92 Å². The lowest BCUT2D eigenvalue weighted by atomic mass is 9.94. The lowest BCUT2D eigenvalue weighted by molar-refractivity contribution is 0.431. The van der Waals surface area contributed by atoms with Crippen LogP contribution in [0.15, 0.2) is 23.6 Å². The van der Waals surface area contributed by atoms with Gasteiger partial charge in [0.1, 0.15) is 0 Å². The molecule has 0 radical (unpaired) electrons. The average molecular weight is 227 g/mol. The maximum Gasteiger partial charge on any atom is 0.173 e. The summed E-state index contributed by atoms with van der Waals surface area (Å²) in [7, 11) is -2.91. The first-order valence-corrected chi connectivity index (χ1v) is 7.16. The predicted molar refractivity (Wildman–Crippen MR) is 61.2 cm³/mol. The number of hydrogen-bond donors (Lipinski definition) is 1. The van der Waals surface area contributed by atoms with Crippen molar-refractivity contribution < 1.29 is 8.42 Å². The first-order valence-electron chi connectivity index (χ1n) is 5.45. The van der Waals surface area contributed by atoms with Crippen molar-refractivity contribution in [3.05, 3.63) is 23.6 Å². The highest BCUT2D eigenvalue weighted by molar-refractivity contribution is 7.94. The molecular formula is C11H17NO2S. The Morgan fingerprint density at radius 1 is 1.33 bits per heavy atom. The van der Waals surface area contributed by atoms with Crippen molar-refractivity contribution in [2.24, 2.45) is 5.92 Å². The topological polar surface area (TPSA) is 46.2 Å². The Labute approximate surface area is 91.2 Å². The summed E-state index contributed by atoms with van der Waals surface area (Å²) in [4.78, 5) is 0. The van der Waals surface area contributed by atoms with Gasteiger partial charge < -0.3 is 5.32 Å². The lowest BCUT2D eigenvalue weighted by Crippen LogP contribution is -2.34. The van der Waals surface area contributed by atoms with Gasteiger partial charge in [0.2, 0.25) is 0 Å². The van der Waals surface area contributed by atoms with Gasteiger partial charge in [-0.1, -0.05) is 18.2 Å². The Bertz CT molecular complexity index is 370. The smallest absolute Gasteiger partial charge is 0.173 e. The third-order valence-corrected chi connectivity index (χ3v) is 4.37. The Morgan fingerprint density at radius 3 is 2.80 bits per heavy atom. The molecule has 3 nitrogen and oxygen atoms in total. The van der Waals surface area contributed by atoms with E-state index in [1.165, 1.54) is 11.8 Å². The highest BCUT2D eigenvalue weighted by Gasteiger charge is 2.21. The average Bonchev–Trinajstić information content (AvgIpc) is 2.57. The Morgan fingerprint density at radius 2 is 2.20 bits per heavy atom. The molecule has 0 aromatic carbocycles. The minimum Gasteiger partial charge on any atom is -0.309 e. The highest BCUT2D eigenvalue weighted by atomic mass is 32.2. The molecule has 0 saturated heterocycles. The van der Waals surface area contributed by atoms with Gasteiger partial charge in [-0.2, -0.15) is 0 Å². The summed E-state index contributed by atoms with van der Waals surface area (Å²) in [5, 5.41) is 4.63. The maximum atomic E-state index is 11.2. The van der Waals surface area contributed by atoms with Crippen molar-refractivity contribution in [3.63, 3.8) is 0 Å². The molecule has 15 heavy (non-hydrogen) atoms. The van der Waals surface area contributed by atoms with E-state index in [0.717, 1.165) is 19.4 Å². The van der Waals surface area contributed by atoms with Crippen LogP contribution in [-0.4, -0.2) is 26.8 Å². The normalized spacial score (nSPS) is 33.3. The second-order valence-corrected chi connectivity index (χ2v) is 6.25. The zero-order valence-corrected chi connectivity index (χ0v) is 9.54. The molecule has 0 spiro atoms. The molecule has 0 aromatic heterocycles. The van der Waals surface area contributed by atoms with Gasteiger partial charge in [-0.3, -0.25) is 0 Å². The molecule has 0 amide bonds. The summed E-state index contributed by atoms with van der Waals surface area (Å²) in [6, 6.07) is 0.0286. The van der Waals surface area contributed by atoms with E-state index in [1.807, 2.05) is 0 Å². The highest BCUT2D eigenvalue weighted by Crippen LogP contribution is 2.17. The van der Waals surface area contributed by atoms with Crippen molar-refractivity contribution in [2.75, 3.05) is 12.3 Å². The fourth-order valence-electron chi connectivity index (χ4n) is 2.06. The molecule has 84 valence electrons. The van der Waals surface area contributed by atoms with Crippen LogP contribution in [0.4, 0.5) is 0 Å². The minimum absolute atomic E-state index is 0.0286. The predicted octanol–water partition coefficient (Wildman–Crippen LogP) is 1.24.